The molecule has 0 heterocycles. The van der Waals surface area contributed by atoms with E-state index in [0.717, 1.165) is 18.5 Å². The average molecular weight is 253 g/mol. The third-order valence-corrected chi connectivity index (χ3v) is 3.49. The smallest absolute Gasteiger partial charge is 0.0991 e. The highest BCUT2D eigenvalue weighted by molar-refractivity contribution is 5.53. The van der Waals surface area contributed by atoms with Crippen LogP contribution in [-0.2, 0) is 0 Å². The van der Waals surface area contributed by atoms with E-state index < -0.39 is 0 Å². The molecule has 0 saturated heterocycles. The molecule has 1 fully saturated rings. The Hall–Kier alpha value is -1.91. The van der Waals surface area contributed by atoms with Gasteiger partial charge in [-0.1, -0.05) is 32.1 Å². The second kappa shape index (κ2) is 7.51. The first-order chi connectivity index (χ1) is 9.38. The Balaban J connectivity index is 1.95. The fourth-order valence-electron chi connectivity index (χ4n) is 2.34. The van der Waals surface area contributed by atoms with E-state index in [-0.39, 0.29) is 0 Å². The Morgan fingerprint density at radius 2 is 1.58 bits per heavy atom. The molecular formula is C16H19N3. The molecular weight excluding hydrogens is 234 g/mol. The summed E-state index contributed by atoms with van der Waals surface area (Å²) in [6, 6.07) is 12.5. The van der Waals surface area contributed by atoms with Gasteiger partial charge < -0.3 is 0 Å². The molecule has 1 aromatic carbocycles. The molecule has 1 saturated carbocycles. The summed E-state index contributed by atoms with van der Waals surface area (Å²) in [5.41, 5.74) is 1.45. The van der Waals surface area contributed by atoms with Crippen LogP contribution in [0.2, 0.25) is 0 Å². The summed E-state index contributed by atoms with van der Waals surface area (Å²) >= 11 is 0. The Morgan fingerprint density at radius 3 is 2.21 bits per heavy atom. The summed E-state index contributed by atoms with van der Waals surface area (Å²) < 4.78 is 0. The number of hydrogen-bond donors (Lipinski definition) is 0. The lowest BCUT2D eigenvalue weighted by Gasteiger charge is -2.13. The van der Waals surface area contributed by atoms with Crippen LogP contribution in [-0.4, -0.2) is 12.1 Å². The van der Waals surface area contributed by atoms with Crippen molar-refractivity contribution < 1.29 is 0 Å². The van der Waals surface area contributed by atoms with Gasteiger partial charge >= 0.3 is 0 Å². The highest BCUT2D eigenvalue weighted by Gasteiger charge is 2.08. The van der Waals surface area contributed by atoms with E-state index in [1.165, 1.54) is 32.1 Å². The van der Waals surface area contributed by atoms with Gasteiger partial charge in [0.2, 0.25) is 0 Å². The molecule has 0 aliphatic heterocycles. The van der Waals surface area contributed by atoms with Gasteiger partial charge in [-0.2, -0.15) is 10.3 Å². The molecule has 0 bridgehead atoms. The molecule has 0 spiro atoms. The predicted molar refractivity (Wildman–Crippen MR) is 76.8 cm³/mol. The maximum absolute atomic E-state index is 8.71. The number of rotatable bonds is 2. The van der Waals surface area contributed by atoms with Crippen LogP contribution in [0.1, 0.15) is 50.5 Å². The van der Waals surface area contributed by atoms with Crippen molar-refractivity contribution in [1.82, 2.24) is 0 Å². The molecule has 19 heavy (non-hydrogen) atoms. The molecule has 98 valence electrons. The lowest BCUT2D eigenvalue weighted by atomic mass is 9.97. The van der Waals surface area contributed by atoms with Gasteiger partial charge in [0.15, 0.2) is 0 Å². The molecule has 0 N–H and O–H groups in total. The molecule has 0 atom stereocenters. The molecule has 0 aromatic heterocycles. The molecule has 3 heteroatoms. The zero-order valence-corrected chi connectivity index (χ0v) is 11.2. The number of nitriles is 1. The monoisotopic (exact) mass is 253 g/mol. The molecule has 1 aliphatic carbocycles. The average Bonchev–Trinajstić information content (AvgIpc) is 2.42. The third kappa shape index (κ3) is 4.69. The Bertz CT molecular complexity index is 482. The fourth-order valence-corrected chi connectivity index (χ4v) is 2.34. The zero-order valence-electron chi connectivity index (χ0n) is 11.2. The Labute approximate surface area is 114 Å². The lowest BCUT2D eigenvalue weighted by molar-refractivity contribution is 0.456. The Morgan fingerprint density at radius 1 is 0.947 bits per heavy atom. The normalized spacial score (nSPS) is 16.6. The van der Waals surface area contributed by atoms with Crippen LogP contribution < -0.4 is 0 Å². The quantitative estimate of drug-likeness (QED) is 0.717. The van der Waals surface area contributed by atoms with E-state index in [9.17, 15) is 0 Å². The lowest BCUT2D eigenvalue weighted by Crippen LogP contribution is -2.06. The summed E-state index contributed by atoms with van der Waals surface area (Å²) in [4.78, 5) is 8.64. The minimum absolute atomic E-state index is 0.391. The third-order valence-electron chi connectivity index (χ3n) is 3.49. The Kier molecular flexibility index (Phi) is 5.34. The van der Waals surface area contributed by atoms with Gasteiger partial charge in [-0.25, -0.2) is 4.99 Å². The molecule has 0 unspecified atom stereocenters. The largest absolute Gasteiger partial charge is 0.222 e. The van der Waals surface area contributed by atoms with Gasteiger partial charge in [0.05, 0.1) is 29.4 Å². The first kappa shape index (κ1) is 13.5. The summed E-state index contributed by atoms with van der Waals surface area (Å²) in [7, 11) is 0. The maximum Gasteiger partial charge on any atom is 0.0991 e. The van der Waals surface area contributed by atoms with Crippen molar-refractivity contribution in [1.29, 1.82) is 5.26 Å². The minimum atomic E-state index is 0.391. The molecule has 1 aliphatic rings. The first-order valence-corrected chi connectivity index (χ1v) is 7.04. The number of nitrogens with zero attached hydrogens (tertiary/aromatic N) is 3. The maximum atomic E-state index is 8.71. The van der Waals surface area contributed by atoms with Crippen LogP contribution in [0.15, 0.2) is 34.3 Å². The molecule has 2 rings (SSSR count). The predicted octanol–water partition coefficient (Wildman–Crippen LogP) is 4.48. The van der Waals surface area contributed by atoms with Crippen LogP contribution in [0, 0.1) is 11.3 Å². The summed E-state index contributed by atoms with van der Waals surface area (Å²) in [5, 5.41) is 8.71. The van der Waals surface area contributed by atoms with Crippen LogP contribution in [0.5, 0.6) is 0 Å². The van der Waals surface area contributed by atoms with Crippen molar-refractivity contribution in [3.63, 3.8) is 0 Å². The SMILES string of the molecule is N#Cc1ccc(N=C=NC2CCCCCCC2)cc1. The number of hydrogen-bond acceptors (Lipinski definition) is 3. The van der Waals surface area contributed by atoms with Crippen molar-refractivity contribution in [3.8, 4) is 6.07 Å². The van der Waals surface area contributed by atoms with Gasteiger partial charge in [-0.15, -0.1) is 0 Å². The van der Waals surface area contributed by atoms with E-state index in [1.807, 2.05) is 12.1 Å². The highest BCUT2D eigenvalue weighted by Crippen LogP contribution is 2.19. The molecule has 0 radical (unpaired) electrons. The van der Waals surface area contributed by atoms with Crippen molar-refractivity contribution >= 4 is 11.7 Å². The fraction of sp³-hybridized carbons (Fsp3) is 0.500. The van der Waals surface area contributed by atoms with Crippen LogP contribution >= 0.6 is 0 Å². The van der Waals surface area contributed by atoms with Crippen LogP contribution in [0.3, 0.4) is 0 Å². The van der Waals surface area contributed by atoms with Gasteiger partial charge in [-0.3, -0.25) is 0 Å². The molecule has 3 nitrogen and oxygen atoms in total. The number of aliphatic imine (C=N–C) groups is 2. The van der Waals surface area contributed by atoms with Crippen molar-refractivity contribution in [2.45, 2.75) is 51.0 Å². The van der Waals surface area contributed by atoms with Crippen LogP contribution in [0.25, 0.3) is 0 Å². The van der Waals surface area contributed by atoms with E-state index in [2.05, 4.69) is 22.1 Å². The van der Waals surface area contributed by atoms with Gasteiger partial charge in [-0.05, 0) is 37.1 Å². The van der Waals surface area contributed by atoms with Crippen LogP contribution in [0.4, 0.5) is 5.69 Å². The summed E-state index contributed by atoms with van der Waals surface area (Å²) in [6.45, 7) is 0. The second-order valence-electron chi connectivity index (χ2n) is 5.00. The standard InChI is InChI=1S/C16H19N3/c17-12-14-8-10-16(11-9-14)19-13-18-15-6-4-2-1-3-5-7-15/h8-11,15H,1-7H2. The zero-order chi connectivity index (χ0) is 13.3. The van der Waals surface area contributed by atoms with Gasteiger partial charge in [0.25, 0.3) is 0 Å². The summed E-state index contributed by atoms with van der Waals surface area (Å²) in [5.74, 6) is 0. The van der Waals surface area contributed by atoms with Gasteiger partial charge in [0, 0.05) is 0 Å². The van der Waals surface area contributed by atoms with Gasteiger partial charge in [0.1, 0.15) is 0 Å². The number of benzene rings is 1. The van der Waals surface area contributed by atoms with E-state index >= 15 is 0 Å². The van der Waals surface area contributed by atoms with Crippen molar-refractivity contribution in [2.75, 3.05) is 0 Å². The topological polar surface area (TPSA) is 48.5 Å². The molecule has 1 aromatic rings. The van der Waals surface area contributed by atoms with E-state index in [4.69, 9.17) is 5.26 Å². The first-order valence-electron chi connectivity index (χ1n) is 7.04. The second-order valence-corrected chi connectivity index (χ2v) is 5.00. The van der Waals surface area contributed by atoms with E-state index in [1.54, 1.807) is 12.1 Å². The minimum Gasteiger partial charge on any atom is -0.222 e. The van der Waals surface area contributed by atoms with E-state index in [0.29, 0.717) is 11.6 Å². The molecule has 0 amide bonds. The summed E-state index contributed by atoms with van der Waals surface area (Å²) in [6.07, 6.45) is 8.90. The highest BCUT2D eigenvalue weighted by atomic mass is 14.8. The van der Waals surface area contributed by atoms with Crippen molar-refractivity contribution in [3.05, 3.63) is 29.8 Å². The van der Waals surface area contributed by atoms with Crippen molar-refractivity contribution in [2.24, 2.45) is 9.98 Å².